The first-order valence-corrected chi connectivity index (χ1v) is 4.71. The number of halogens is 1. The second-order valence-corrected chi connectivity index (χ2v) is 3.33. The van der Waals surface area contributed by atoms with Gasteiger partial charge in [0.15, 0.2) is 0 Å². The summed E-state index contributed by atoms with van der Waals surface area (Å²) in [6.45, 7) is 0. The van der Waals surface area contributed by atoms with E-state index < -0.39 is 0 Å². The number of rotatable bonds is 2. The van der Waals surface area contributed by atoms with Gasteiger partial charge in [0, 0.05) is 5.56 Å². The zero-order valence-electron chi connectivity index (χ0n) is 7.72. The van der Waals surface area contributed by atoms with Crippen LogP contribution in [0.2, 0.25) is 5.02 Å². The molecule has 0 fully saturated rings. The molecule has 0 radical (unpaired) electrons. The highest BCUT2D eigenvalue weighted by molar-refractivity contribution is 6.33. The van der Waals surface area contributed by atoms with Gasteiger partial charge < -0.3 is 9.62 Å². The molecule has 2 aromatic rings. The smallest absolute Gasteiger partial charge is 0.149 e. The van der Waals surface area contributed by atoms with E-state index in [4.69, 9.17) is 21.2 Å². The van der Waals surface area contributed by atoms with Crippen molar-refractivity contribution < 1.29 is 9.62 Å². The van der Waals surface area contributed by atoms with Crippen LogP contribution in [0.1, 0.15) is 5.76 Å². The van der Waals surface area contributed by atoms with E-state index >= 15 is 0 Å². The van der Waals surface area contributed by atoms with Gasteiger partial charge in [-0.2, -0.15) is 0 Å². The van der Waals surface area contributed by atoms with Gasteiger partial charge >= 0.3 is 0 Å². The fourth-order valence-electron chi connectivity index (χ4n) is 1.28. The third-order valence-corrected chi connectivity index (χ3v) is 2.28. The molecule has 76 valence electrons. The molecule has 0 bridgehead atoms. The van der Waals surface area contributed by atoms with Crippen LogP contribution in [0.3, 0.4) is 0 Å². The van der Waals surface area contributed by atoms with Crippen LogP contribution in [0.15, 0.2) is 46.0 Å². The molecule has 1 N–H and O–H groups in total. The summed E-state index contributed by atoms with van der Waals surface area (Å²) in [4.78, 5) is 0. The minimum atomic E-state index is 0.479. The van der Waals surface area contributed by atoms with Crippen molar-refractivity contribution in [2.75, 3.05) is 0 Å². The van der Waals surface area contributed by atoms with Gasteiger partial charge in [0.25, 0.3) is 0 Å². The molecule has 15 heavy (non-hydrogen) atoms. The molecule has 0 unspecified atom stereocenters. The van der Waals surface area contributed by atoms with Crippen LogP contribution in [-0.2, 0) is 0 Å². The molecular weight excluding hydrogens is 214 g/mol. The quantitative estimate of drug-likeness (QED) is 0.480. The Morgan fingerprint density at radius 3 is 2.73 bits per heavy atom. The standard InChI is InChI=1S/C11H8ClNO2/c12-10-4-2-1-3-9(10)11-6-5-8(15-11)7-13-14/h1-7,14H/b13-7-. The molecule has 0 aliphatic heterocycles. The average Bonchev–Trinajstić information content (AvgIpc) is 2.68. The Morgan fingerprint density at radius 1 is 1.20 bits per heavy atom. The molecule has 2 rings (SSSR count). The van der Waals surface area contributed by atoms with Gasteiger partial charge in [0.2, 0.25) is 0 Å². The minimum Gasteiger partial charge on any atom is -0.455 e. The predicted octanol–water partition coefficient (Wildman–Crippen LogP) is 3.41. The first kappa shape index (κ1) is 9.80. The summed E-state index contributed by atoms with van der Waals surface area (Å²) < 4.78 is 5.40. The number of benzene rings is 1. The van der Waals surface area contributed by atoms with Crippen molar-refractivity contribution in [1.82, 2.24) is 0 Å². The van der Waals surface area contributed by atoms with Crippen molar-refractivity contribution in [3.05, 3.63) is 47.2 Å². The molecule has 0 aliphatic rings. The van der Waals surface area contributed by atoms with Gasteiger partial charge in [-0.25, -0.2) is 0 Å². The maximum absolute atomic E-state index is 8.34. The van der Waals surface area contributed by atoms with Crippen LogP contribution >= 0.6 is 11.6 Å². The Hall–Kier alpha value is -1.74. The van der Waals surface area contributed by atoms with Crippen molar-refractivity contribution in [1.29, 1.82) is 0 Å². The number of hydrogen-bond donors (Lipinski definition) is 1. The summed E-state index contributed by atoms with van der Waals surface area (Å²) in [6, 6.07) is 10.9. The molecule has 1 heterocycles. The zero-order valence-corrected chi connectivity index (χ0v) is 8.48. The molecule has 4 heteroatoms. The summed E-state index contributed by atoms with van der Waals surface area (Å²) in [7, 11) is 0. The van der Waals surface area contributed by atoms with Crippen LogP contribution in [0.25, 0.3) is 11.3 Å². The first-order chi connectivity index (χ1) is 7.31. The fraction of sp³-hybridized carbons (Fsp3) is 0. The Kier molecular flexibility index (Phi) is 2.74. The van der Waals surface area contributed by atoms with Gasteiger partial charge in [-0.15, -0.1) is 0 Å². The monoisotopic (exact) mass is 221 g/mol. The lowest BCUT2D eigenvalue weighted by Crippen LogP contribution is -1.75. The molecule has 1 aromatic carbocycles. The summed E-state index contributed by atoms with van der Waals surface area (Å²) in [6.07, 6.45) is 1.22. The lowest BCUT2D eigenvalue weighted by atomic mass is 10.2. The molecule has 0 aliphatic carbocycles. The van der Waals surface area contributed by atoms with Crippen molar-refractivity contribution in [2.45, 2.75) is 0 Å². The Morgan fingerprint density at radius 2 is 2.00 bits per heavy atom. The van der Waals surface area contributed by atoms with Crippen molar-refractivity contribution in [2.24, 2.45) is 5.16 Å². The Balaban J connectivity index is 2.42. The van der Waals surface area contributed by atoms with E-state index in [1.54, 1.807) is 18.2 Å². The van der Waals surface area contributed by atoms with E-state index in [9.17, 15) is 0 Å². The number of hydrogen-bond acceptors (Lipinski definition) is 3. The molecule has 0 atom stereocenters. The second-order valence-electron chi connectivity index (χ2n) is 2.93. The summed E-state index contributed by atoms with van der Waals surface area (Å²) in [5.41, 5.74) is 0.816. The van der Waals surface area contributed by atoms with Crippen LogP contribution in [0, 0.1) is 0 Å². The fourth-order valence-corrected chi connectivity index (χ4v) is 1.51. The highest BCUT2D eigenvalue weighted by Crippen LogP contribution is 2.28. The Labute approximate surface area is 91.6 Å². The number of furan rings is 1. The molecule has 1 aromatic heterocycles. The van der Waals surface area contributed by atoms with E-state index in [0.717, 1.165) is 5.56 Å². The maximum Gasteiger partial charge on any atom is 0.149 e. The SMILES string of the molecule is O/N=C\c1ccc(-c2ccccc2Cl)o1. The zero-order chi connectivity index (χ0) is 10.7. The van der Waals surface area contributed by atoms with Crippen molar-refractivity contribution in [3.63, 3.8) is 0 Å². The molecule has 0 saturated carbocycles. The molecule has 3 nitrogen and oxygen atoms in total. The largest absolute Gasteiger partial charge is 0.455 e. The van der Waals surface area contributed by atoms with Crippen LogP contribution < -0.4 is 0 Å². The van der Waals surface area contributed by atoms with E-state index in [1.165, 1.54) is 6.21 Å². The van der Waals surface area contributed by atoms with Gasteiger partial charge in [-0.05, 0) is 24.3 Å². The van der Waals surface area contributed by atoms with Gasteiger partial charge in [0.05, 0.1) is 5.02 Å². The van der Waals surface area contributed by atoms with Gasteiger partial charge in [-0.3, -0.25) is 0 Å². The second kappa shape index (κ2) is 4.19. The van der Waals surface area contributed by atoms with E-state index in [1.807, 2.05) is 18.2 Å². The van der Waals surface area contributed by atoms with Gasteiger partial charge in [0.1, 0.15) is 17.7 Å². The topological polar surface area (TPSA) is 45.7 Å². The summed E-state index contributed by atoms with van der Waals surface area (Å²) in [5, 5.41) is 11.8. The lowest BCUT2D eigenvalue weighted by molar-refractivity contribution is 0.321. The molecular formula is C11H8ClNO2. The van der Waals surface area contributed by atoms with Crippen molar-refractivity contribution in [3.8, 4) is 11.3 Å². The molecule has 0 spiro atoms. The summed E-state index contributed by atoms with van der Waals surface area (Å²) >= 11 is 6.00. The van der Waals surface area contributed by atoms with E-state index in [-0.39, 0.29) is 0 Å². The van der Waals surface area contributed by atoms with E-state index in [0.29, 0.717) is 16.5 Å². The summed E-state index contributed by atoms with van der Waals surface area (Å²) in [5.74, 6) is 1.13. The van der Waals surface area contributed by atoms with Gasteiger partial charge in [-0.1, -0.05) is 28.9 Å². The number of oxime groups is 1. The molecule has 0 amide bonds. The Bertz CT molecular complexity index is 491. The highest BCUT2D eigenvalue weighted by Gasteiger charge is 2.06. The minimum absolute atomic E-state index is 0.479. The third kappa shape index (κ3) is 2.02. The predicted molar refractivity (Wildman–Crippen MR) is 58.5 cm³/mol. The highest BCUT2D eigenvalue weighted by atomic mass is 35.5. The van der Waals surface area contributed by atoms with Crippen LogP contribution in [0.5, 0.6) is 0 Å². The van der Waals surface area contributed by atoms with Crippen LogP contribution in [0.4, 0.5) is 0 Å². The maximum atomic E-state index is 8.34. The third-order valence-electron chi connectivity index (χ3n) is 1.95. The van der Waals surface area contributed by atoms with Crippen molar-refractivity contribution >= 4 is 17.8 Å². The first-order valence-electron chi connectivity index (χ1n) is 4.33. The number of nitrogens with zero attached hydrogens (tertiary/aromatic N) is 1. The lowest BCUT2D eigenvalue weighted by Gasteiger charge is -1.98. The normalized spacial score (nSPS) is 11.0. The average molecular weight is 222 g/mol. The van der Waals surface area contributed by atoms with Crippen LogP contribution in [-0.4, -0.2) is 11.4 Å². The van der Waals surface area contributed by atoms with E-state index in [2.05, 4.69) is 5.16 Å². The molecule has 0 saturated heterocycles.